The van der Waals surface area contributed by atoms with Crippen molar-refractivity contribution in [1.82, 2.24) is 4.90 Å². The molecule has 18 heavy (non-hydrogen) atoms. The Morgan fingerprint density at radius 1 is 1.44 bits per heavy atom. The van der Waals surface area contributed by atoms with E-state index in [2.05, 4.69) is 0 Å². The molecule has 1 rings (SSSR count). The topological polar surface area (TPSA) is 63.4 Å². The highest BCUT2D eigenvalue weighted by Crippen LogP contribution is 2.16. The number of anilines is 1. The highest BCUT2D eigenvalue weighted by atomic mass is 32.2. The van der Waals surface area contributed by atoms with Crippen LogP contribution in [0.3, 0.4) is 0 Å². The summed E-state index contributed by atoms with van der Waals surface area (Å²) < 4.78 is 12.1. The number of hydrogen-bond acceptors (Lipinski definition) is 3. The fourth-order valence-electron chi connectivity index (χ4n) is 1.51. The Kier molecular flexibility index (Phi) is 4.90. The van der Waals surface area contributed by atoms with Crippen molar-refractivity contribution in [1.29, 1.82) is 0 Å². The van der Waals surface area contributed by atoms with Crippen LogP contribution in [0.1, 0.15) is 19.4 Å². The summed E-state index contributed by atoms with van der Waals surface area (Å²) in [7, 11) is 0.405. The van der Waals surface area contributed by atoms with Gasteiger partial charge in [-0.1, -0.05) is 0 Å². The second kappa shape index (κ2) is 6.00. The molecule has 0 fully saturated rings. The molecule has 100 valence electrons. The molecule has 0 saturated heterocycles. The maximum atomic E-state index is 12.1. The van der Waals surface area contributed by atoms with Crippen molar-refractivity contribution in [3.8, 4) is 0 Å². The van der Waals surface area contributed by atoms with Gasteiger partial charge in [0.1, 0.15) is 5.75 Å². The highest BCUT2D eigenvalue weighted by Gasteiger charge is 2.17. The molecule has 1 atom stereocenters. The van der Waals surface area contributed by atoms with Gasteiger partial charge in [-0.3, -0.25) is 9.00 Å². The molecule has 5 heteroatoms. The van der Waals surface area contributed by atoms with Crippen LogP contribution < -0.4 is 5.73 Å². The monoisotopic (exact) mass is 268 g/mol. The van der Waals surface area contributed by atoms with Crippen LogP contribution in [-0.4, -0.2) is 33.9 Å². The molecule has 0 spiro atoms. The van der Waals surface area contributed by atoms with Crippen molar-refractivity contribution < 1.29 is 9.00 Å². The quantitative estimate of drug-likeness (QED) is 0.843. The van der Waals surface area contributed by atoms with E-state index in [1.807, 2.05) is 20.8 Å². The minimum absolute atomic E-state index is 0.0133. The zero-order valence-electron chi connectivity index (χ0n) is 11.3. The fraction of sp³-hybridized carbons (Fsp3) is 0.462. The van der Waals surface area contributed by atoms with Gasteiger partial charge in [0.2, 0.25) is 5.91 Å². The number of rotatable bonds is 4. The van der Waals surface area contributed by atoms with E-state index >= 15 is 0 Å². The molecule has 0 aliphatic carbocycles. The lowest BCUT2D eigenvalue weighted by molar-refractivity contribution is -0.128. The van der Waals surface area contributed by atoms with E-state index < -0.39 is 10.8 Å². The Morgan fingerprint density at radius 3 is 2.56 bits per heavy atom. The van der Waals surface area contributed by atoms with E-state index in [1.54, 1.807) is 30.1 Å². The number of amides is 1. The van der Waals surface area contributed by atoms with Crippen LogP contribution in [0.15, 0.2) is 23.1 Å². The average Bonchev–Trinajstić information content (AvgIpc) is 2.27. The second-order valence-electron chi connectivity index (χ2n) is 4.61. The average molecular weight is 268 g/mol. The van der Waals surface area contributed by atoms with Crippen LogP contribution in [0, 0.1) is 6.92 Å². The smallest absolute Gasteiger partial charge is 0.235 e. The van der Waals surface area contributed by atoms with Crippen molar-refractivity contribution in [2.45, 2.75) is 31.7 Å². The maximum absolute atomic E-state index is 12.1. The molecule has 1 aromatic carbocycles. The number of nitrogen functional groups attached to an aromatic ring is 1. The molecule has 2 N–H and O–H groups in total. The predicted octanol–water partition coefficient (Wildman–Crippen LogP) is 1.55. The summed E-state index contributed by atoms with van der Waals surface area (Å²) in [6, 6.07) is 5.31. The normalized spacial score (nSPS) is 12.5. The van der Waals surface area contributed by atoms with Gasteiger partial charge in [0.15, 0.2) is 0 Å². The van der Waals surface area contributed by atoms with Crippen molar-refractivity contribution in [2.24, 2.45) is 0 Å². The van der Waals surface area contributed by atoms with Crippen LogP contribution in [0.25, 0.3) is 0 Å². The van der Waals surface area contributed by atoms with Crippen LogP contribution in [0.4, 0.5) is 5.69 Å². The number of benzene rings is 1. The first kappa shape index (κ1) is 14.7. The molecule has 0 saturated carbocycles. The van der Waals surface area contributed by atoms with E-state index in [0.717, 1.165) is 5.56 Å². The molecule has 0 heterocycles. The number of aryl methyl sites for hydroxylation is 1. The van der Waals surface area contributed by atoms with E-state index in [1.165, 1.54) is 0 Å². The molecule has 1 amide bonds. The molecule has 0 aromatic heterocycles. The van der Waals surface area contributed by atoms with Gasteiger partial charge in [0, 0.05) is 23.7 Å². The number of nitrogens with zero attached hydrogens (tertiary/aromatic N) is 1. The van der Waals surface area contributed by atoms with Gasteiger partial charge >= 0.3 is 0 Å². The molecule has 1 unspecified atom stereocenters. The van der Waals surface area contributed by atoms with E-state index in [9.17, 15) is 9.00 Å². The first-order chi connectivity index (χ1) is 8.32. The van der Waals surface area contributed by atoms with E-state index in [0.29, 0.717) is 10.6 Å². The number of nitrogens with two attached hydrogens (primary N) is 1. The summed E-state index contributed by atoms with van der Waals surface area (Å²) in [4.78, 5) is 14.1. The predicted molar refractivity (Wildman–Crippen MR) is 74.8 cm³/mol. The van der Waals surface area contributed by atoms with Crippen LogP contribution in [-0.2, 0) is 15.6 Å². The summed E-state index contributed by atoms with van der Waals surface area (Å²) in [5.41, 5.74) is 7.14. The van der Waals surface area contributed by atoms with Crippen molar-refractivity contribution >= 4 is 22.4 Å². The lowest BCUT2D eigenvalue weighted by Crippen LogP contribution is -2.36. The van der Waals surface area contributed by atoms with Crippen LogP contribution in [0.5, 0.6) is 0 Å². The molecular formula is C13H20N2O2S. The summed E-state index contributed by atoms with van der Waals surface area (Å²) in [6.07, 6.45) is 0. The fourth-order valence-corrected chi connectivity index (χ4v) is 2.73. The van der Waals surface area contributed by atoms with Gasteiger partial charge in [-0.05, 0) is 44.5 Å². The van der Waals surface area contributed by atoms with Gasteiger partial charge in [0.05, 0.1) is 10.8 Å². The first-order valence-electron chi connectivity index (χ1n) is 5.83. The molecule has 4 nitrogen and oxygen atoms in total. The SMILES string of the molecule is Cc1cc(N)ccc1S(=O)CC(=O)N(C)C(C)C. The highest BCUT2D eigenvalue weighted by molar-refractivity contribution is 7.85. The Labute approximate surface area is 111 Å². The third-order valence-electron chi connectivity index (χ3n) is 2.87. The molecule has 1 aromatic rings. The lowest BCUT2D eigenvalue weighted by Gasteiger charge is -2.21. The van der Waals surface area contributed by atoms with E-state index in [4.69, 9.17) is 5.73 Å². The van der Waals surface area contributed by atoms with Gasteiger partial charge in [-0.2, -0.15) is 0 Å². The summed E-state index contributed by atoms with van der Waals surface area (Å²) >= 11 is 0. The minimum atomic E-state index is -1.32. The molecule has 0 aliphatic rings. The summed E-state index contributed by atoms with van der Waals surface area (Å²) in [5.74, 6) is -0.0982. The Bertz CT molecular complexity index is 472. The summed E-state index contributed by atoms with van der Waals surface area (Å²) in [5, 5.41) is 0. The van der Waals surface area contributed by atoms with Gasteiger partial charge in [-0.15, -0.1) is 0 Å². The van der Waals surface area contributed by atoms with Crippen molar-refractivity contribution in [2.75, 3.05) is 18.5 Å². The molecule has 0 radical (unpaired) electrons. The number of hydrogen-bond donors (Lipinski definition) is 1. The Balaban J connectivity index is 2.80. The van der Waals surface area contributed by atoms with Crippen molar-refractivity contribution in [3.05, 3.63) is 23.8 Å². The maximum Gasteiger partial charge on any atom is 0.235 e. The minimum Gasteiger partial charge on any atom is -0.399 e. The van der Waals surface area contributed by atoms with Crippen LogP contribution in [0.2, 0.25) is 0 Å². The van der Waals surface area contributed by atoms with E-state index in [-0.39, 0.29) is 17.7 Å². The Hall–Kier alpha value is -1.36. The van der Waals surface area contributed by atoms with Crippen molar-refractivity contribution in [3.63, 3.8) is 0 Å². The zero-order chi connectivity index (χ0) is 13.9. The molecule has 0 aliphatic heterocycles. The van der Waals surface area contributed by atoms with Gasteiger partial charge < -0.3 is 10.6 Å². The van der Waals surface area contributed by atoms with Gasteiger partial charge in [0.25, 0.3) is 0 Å². The lowest BCUT2D eigenvalue weighted by atomic mass is 10.2. The standard InChI is InChI=1S/C13H20N2O2S/c1-9(2)15(4)13(16)8-18(17)12-6-5-11(14)7-10(12)3/h5-7,9H,8,14H2,1-4H3. The largest absolute Gasteiger partial charge is 0.399 e. The third kappa shape index (κ3) is 3.57. The Morgan fingerprint density at radius 2 is 2.06 bits per heavy atom. The summed E-state index contributed by atoms with van der Waals surface area (Å²) in [6.45, 7) is 5.70. The van der Waals surface area contributed by atoms with Gasteiger partial charge in [-0.25, -0.2) is 0 Å². The number of carbonyl (C=O) groups excluding carboxylic acids is 1. The second-order valence-corrected chi connectivity index (χ2v) is 6.03. The molecule has 0 bridgehead atoms. The zero-order valence-corrected chi connectivity index (χ0v) is 12.1. The van der Waals surface area contributed by atoms with Crippen LogP contribution >= 0.6 is 0 Å². The molecular weight excluding hydrogens is 248 g/mol. The number of carbonyl (C=O) groups is 1. The first-order valence-corrected chi connectivity index (χ1v) is 7.15. The third-order valence-corrected chi connectivity index (χ3v) is 4.32.